The summed E-state index contributed by atoms with van der Waals surface area (Å²) in [4.78, 5) is 23.5. The van der Waals surface area contributed by atoms with Gasteiger partial charge in [0.2, 0.25) is 5.91 Å². The summed E-state index contributed by atoms with van der Waals surface area (Å²) in [6, 6.07) is 5.44. The SMILES string of the molecule is CCC(CC)(CNC(=O)CCc1cc(OC)ccc1OC)C(=O)O. The van der Waals surface area contributed by atoms with Gasteiger partial charge in [-0.1, -0.05) is 13.8 Å². The highest BCUT2D eigenvalue weighted by Gasteiger charge is 2.35. The Morgan fingerprint density at radius 3 is 2.33 bits per heavy atom. The fourth-order valence-corrected chi connectivity index (χ4v) is 2.56. The van der Waals surface area contributed by atoms with Crippen molar-refractivity contribution in [2.75, 3.05) is 20.8 Å². The van der Waals surface area contributed by atoms with Gasteiger partial charge in [0, 0.05) is 13.0 Å². The van der Waals surface area contributed by atoms with Gasteiger partial charge in [-0.15, -0.1) is 0 Å². The second-order valence-electron chi connectivity index (χ2n) is 5.75. The van der Waals surface area contributed by atoms with E-state index < -0.39 is 11.4 Å². The molecule has 1 rings (SSSR count). The molecule has 0 atom stereocenters. The van der Waals surface area contributed by atoms with E-state index in [1.54, 1.807) is 26.4 Å². The summed E-state index contributed by atoms with van der Waals surface area (Å²) >= 11 is 0. The fraction of sp³-hybridized carbons (Fsp3) is 0.556. The van der Waals surface area contributed by atoms with Crippen molar-refractivity contribution >= 4 is 11.9 Å². The maximum atomic E-state index is 12.1. The quantitative estimate of drug-likeness (QED) is 0.685. The van der Waals surface area contributed by atoms with Crippen molar-refractivity contribution in [2.24, 2.45) is 5.41 Å². The van der Waals surface area contributed by atoms with E-state index >= 15 is 0 Å². The van der Waals surface area contributed by atoms with Crippen molar-refractivity contribution in [1.82, 2.24) is 5.32 Å². The molecule has 0 aliphatic carbocycles. The highest BCUT2D eigenvalue weighted by Crippen LogP contribution is 2.26. The maximum Gasteiger partial charge on any atom is 0.311 e. The Hall–Kier alpha value is -2.24. The van der Waals surface area contributed by atoms with Crippen LogP contribution in [0.15, 0.2) is 18.2 Å². The van der Waals surface area contributed by atoms with Gasteiger partial charge in [0.25, 0.3) is 0 Å². The Labute approximate surface area is 143 Å². The molecular formula is C18H27NO5. The smallest absolute Gasteiger partial charge is 0.311 e. The fourth-order valence-electron chi connectivity index (χ4n) is 2.56. The van der Waals surface area contributed by atoms with Crippen LogP contribution >= 0.6 is 0 Å². The molecule has 1 amide bonds. The summed E-state index contributed by atoms with van der Waals surface area (Å²) in [5.74, 6) is 0.355. The third-order valence-corrected chi connectivity index (χ3v) is 4.54. The van der Waals surface area contributed by atoms with Crippen molar-refractivity contribution in [1.29, 1.82) is 0 Å². The molecular weight excluding hydrogens is 310 g/mol. The normalized spacial score (nSPS) is 11.0. The van der Waals surface area contributed by atoms with Gasteiger partial charge in [0.15, 0.2) is 0 Å². The molecule has 134 valence electrons. The van der Waals surface area contributed by atoms with Gasteiger partial charge in [-0.05, 0) is 43.0 Å². The van der Waals surface area contributed by atoms with Crippen LogP contribution < -0.4 is 14.8 Å². The molecule has 0 aromatic heterocycles. The lowest BCUT2D eigenvalue weighted by Crippen LogP contribution is -2.42. The molecule has 6 nitrogen and oxygen atoms in total. The van der Waals surface area contributed by atoms with E-state index in [-0.39, 0.29) is 18.9 Å². The third kappa shape index (κ3) is 4.88. The first-order valence-corrected chi connectivity index (χ1v) is 8.13. The first-order valence-electron chi connectivity index (χ1n) is 8.13. The average molecular weight is 337 g/mol. The minimum Gasteiger partial charge on any atom is -0.497 e. The number of benzene rings is 1. The highest BCUT2D eigenvalue weighted by atomic mass is 16.5. The molecule has 0 unspecified atom stereocenters. The molecule has 0 fully saturated rings. The molecule has 24 heavy (non-hydrogen) atoms. The standard InChI is InChI=1S/C18H27NO5/c1-5-18(6-2,17(21)22)12-19-16(20)10-7-13-11-14(23-3)8-9-15(13)24-4/h8-9,11H,5-7,10,12H2,1-4H3,(H,19,20)(H,21,22). The zero-order chi connectivity index (χ0) is 18.2. The molecule has 6 heteroatoms. The van der Waals surface area contributed by atoms with Crippen LogP contribution in [0.25, 0.3) is 0 Å². The second-order valence-corrected chi connectivity index (χ2v) is 5.75. The minimum atomic E-state index is -0.899. The number of ether oxygens (including phenoxy) is 2. The van der Waals surface area contributed by atoms with Crippen LogP contribution in [0.2, 0.25) is 0 Å². The summed E-state index contributed by atoms with van der Waals surface area (Å²) in [5, 5.41) is 12.1. The van der Waals surface area contributed by atoms with Crippen molar-refractivity contribution in [3.8, 4) is 11.5 Å². The number of methoxy groups -OCH3 is 2. The molecule has 0 radical (unpaired) electrons. The van der Waals surface area contributed by atoms with E-state index in [0.717, 1.165) is 5.56 Å². The van der Waals surface area contributed by atoms with E-state index in [9.17, 15) is 14.7 Å². The average Bonchev–Trinajstić information content (AvgIpc) is 2.60. The Balaban J connectivity index is 2.65. The number of nitrogens with one attached hydrogen (secondary N) is 1. The Kier molecular flexibility index (Phi) is 7.55. The van der Waals surface area contributed by atoms with Crippen LogP contribution in [0.1, 0.15) is 38.7 Å². The number of carboxylic acids is 1. The molecule has 0 spiro atoms. The van der Waals surface area contributed by atoms with E-state index in [0.29, 0.717) is 30.8 Å². The first kappa shape index (κ1) is 19.8. The number of hydrogen-bond acceptors (Lipinski definition) is 4. The van der Waals surface area contributed by atoms with Crippen LogP contribution in [-0.4, -0.2) is 37.7 Å². The van der Waals surface area contributed by atoms with E-state index in [4.69, 9.17) is 9.47 Å². The topological polar surface area (TPSA) is 84.9 Å². The van der Waals surface area contributed by atoms with Gasteiger partial charge >= 0.3 is 5.97 Å². The zero-order valence-electron chi connectivity index (χ0n) is 14.8. The second kappa shape index (κ2) is 9.15. The molecule has 0 bridgehead atoms. The van der Waals surface area contributed by atoms with Gasteiger partial charge < -0.3 is 19.9 Å². The lowest BCUT2D eigenvalue weighted by atomic mass is 9.82. The van der Waals surface area contributed by atoms with Crippen LogP contribution in [0, 0.1) is 5.41 Å². The number of aryl methyl sites for hydroxylation is 1. The van der Waals surface area contributed by atoms with Crippen LogP contribution in [0.3, 0.4) is 0 Å². The summed E-state index contributed by atoms with van der Waals surface area (Å²) in [5.41, 5.74) is -0.0222. The van der Waals surface area contributed by atoms with Gasteiger partial charge in [0.1, 0.15) is 11.5 Å². The van der Waals surface area contributed by atoms with Crippen molar-refractivity contribution < 1.29 is 24.2 Å². The third-order valence-electron chi connectivity index (χ3n) is 4.54. The summed E-state index contributed by atoms with van der Waals surface area (Å²) in [6.45, 7) is 3.79. The Morgan fingerprint density at radius 1 is 1.17 bits per heavy atom. The predicted octanol–water partition coefficient (Wildman–Crippen LogP) is 2.64. The number of amides is 1. The van der Waals surface area contributed by atoms with Gasteiger partial charge in [-0.3, -0.25) is 9.59 Å². The van der Waals surface area contributed by atoms with Gasteiger partial charge in [-0.25, -0.2) is 0 Å². The molecule has 0 aliphatic heterocycles. The predicted molar refractivity (Wildman–Crippen MR) is 91.5 cm³/mol. The summed E-state index contributed by atoms with van der Waals surface area (Å²) in [7, 11) is 3.16. The number of carboxylic acid groups (broad SMARTS) is 1. The molecule has 0 saturated carbocycles. The van der Waals surface area contributed by atoms with Gasteiger partial charge in [0.05, 0.1) is 19.6 Å². The molecule has 1 aromatic carbocycles. The molecule has 2 N–H and O–H groups in total. The van der Waals surface area contributed by atoms with E-state index in [1.165, 1.54) is 0 Å². The minimum absolute atomic E-state index is 0.142. The number of carbonyl (C=O) groups is 2. The van der Waals surface area contributed by atoms with Gasteiger partial charge in [-0.2, -0.15) is 0 Å². The monoisotopic (exact) mass is 337 g/mol. The molecule has 0 saturated heterocycles. The molecule has 0 heterocycles. The van der Waals surface area contributed by atoms with Crippen LogP contribution in [0.4, 0.5) is 0 Å². The maximum absolute atomic E-state index is 12.1. The van der Waals surface area contributed by atoms with E-state index in [1.807, 2.05) is 19.9 Å². The zero-order valence-corrected chi connectivity index (χ0v) is 14.8. The lowest BCUT2D eigenvalue weighted by Gasteiger charge is -2.26. The highest BCUT2D eigenvalue weighted by molar-refractivity contribution is 5.79. The largest absolute Gasteiger partial charge is 0.497 e. The van der Waals surface area contributed by atoms with Crippen molar-refractivity contribution in [2.45, 2.75) is 39.5 Å². The number of rotatable bonds is 10. The number of aliphatic carboxylic acids is 1. The molecule has 1 aromatic rings. The number of carbonyl (C=O) groups excluding carboxylic acids is 1. The summed E-state index contributed by atoms with van der Waals surface area (Å²) in [6.07, 6.45) is 1.70. The van der Waals surface area contributed by atoms with Crippen LogP contribution in [-0.2, 0) is 16.0 Å². The van der Waals surface area contributed by atoms with Crippen molar-refractivity contribution in [3.05, 3.63) is 23.8 Å². The Morgan fingerprint density at radius 2 is 1.83 bits per heavy atom. The van der Waals surface area contributed by atoms with E-state index in [2.05, 4.69) is 5.32 Å². The van der Waals surface area contributed by atoms with Crippen molar-refractivity contribution in [3.63, 3.8) is 0 Å². The van der Waals surface area contributed by atoms with Crippen LogP contribution in [0.5, 0.6) is 11.5 Å². The number of hydrogen-bond donors (Lipinski definition) is 2. The lowest BCUT2D eigenvalue weighted by molar-refractivity contribution is -0.149. The first-order chi connectivity index (χ1) is 11.4. The Bertz CT molecular complexity index is 567. The molecule has 0 aliphatic rings. The summed E-state index contributed by atoms with van der Waals surface area (Å²) < 4.78 is 10.5.